The number of hydrogen-bond acceptors (Lipinski definition) is 2. The predicted octanol–water partition coefficient (Wildman–Crippen LogP) is 3.78. The lowest BCUT2D eigenvalue weighted by atomic mass is 9.92. The number of nitrogens with zero attached hydrogens (tertiary/aromatic N) is 2. The Morgan fingerprint density at radius 2 is 2.19 bits per heavy atom. The summed E-state index contributed by atoms with van der Waals surface area (Å²) in [5.41, 5.74) is 1.26. The van der Waals surface area contributed by atoms with E-state index in [0.29, 0.717) is 6.04 Å². The third-order valence-electron chi connectivity index (χ3n) is 3.70. The van der Waals surface area contributed by atoms with Crippen molar-refractivity contribution in [2.75, 3.05) is 11.4 Å². The summed E-state index contributed by atoms with van der Waals surface area (Å²) in [6.07, 6.45) is 4.53. The van der Waals surface area contributed by atoms with Gasteiger partial charge in [-0.25, -0.2) is 4.98 Å². The maximum absolute atomic E-state index is 4.53. The maximum atomic E-state index is 4.53. The lowest BCUT2D eigenvalue weighted by Crippen LogP contribution is -2.42. The minimum atomic E-state index is 0.599. The zero-order chi connectivity index (χ0) is 11.7. The molecule has 0 bridgehead atoms. The summed E-state index contributed by atoms with van der Waals surface area (Å²) in [7, 11) is 0. The van der Waals surface area contributed by atoms with Gasteiger partial charge < -0.3 is 4.90 Å². The summed E-state index contributed by atoms with van der Waals surface area (Å²) in [4.78, 5) is 6.96. The fourth-order valence-corrected chi connectivity index (χ4v) is 2.56. The van der Waals surface area contributed by atoms with Gasteiger partial charge in [-0.15, -0.1) is 0 Å². The fraction of sp³-hybridized carbons (Fsp3) is 0.615. The predicted molar refractivity (Wildman–Crippen MR) is 71.9 cm³/mol. The topological polar surface area (TPSA) is 16.1 Å². The first-order chi connectivity index (χ1) is 7.59. The SMILES string of the molecule is Cc1cc(N2CCCC(C)C2C)ncc1Br. The molecule has 1 saturated heterocycles. The number of pyridine rings is 1. The van der Waals surface area contributed by atoms with E-state index in [1.165, 1.54) is 18.4 Å². The van der Waals surface area contributed by atoms with E-state index in [9.17, 15) is 0 Å². The molecule has 0 saturated carbocycles. The average molecular weight is 283 g/mol. The van der Waals surface area contributed by atoms with Crippen molar-refractivity contribution in [2.45, 2.75) is 39.7 Å². The largest absolute Gasteiger partial charge is 0.354 e. The minimum Gasteiger partial charge on any atom is -0.354 e. The van der Waals surface area contributed by atoms with Gasteiger partial charge in [0, 0.05) is 23.3 Å². The Bertz CT molecular complexity index is 378. The van der Waals surface area contributed by atoms with Crippen molar-refractivity contribution in [3.05, 3.63) is 22.3 Å². The van der Waals surface area contributed by atoms with Gasteiger partial charge in [-0.1, -0.05) is 6.92 Å². The van der Waals surface area contributed by atoms with Crippen LogP contribution in [0.1, 0.15) is 32.3 Å². The molecule has 3 heteroatoms. The molecule has 2 unspecified atom stereocenters. The molecule has 0 amide bonds. The van der Waals surface area contributed by atoms with Crippen molar-refractivity contribution in [1.29, 1.82) is 0 Å². The van der Waals surface area contributed by atoms with Gasteiger partial charge in [0.2, 0.25) is 0 Å². The van der Waals surface area contributed by atoms with Crippen molar-refractivity contribution in [3.8, 4) is 0 Å². The number of aryl methyl sites for hydroxylation is 1. The van der Waals surface area contributed by atoms with Crippen LogP contribution in [0.15, 0.2) is 16.7 Å². The molecule has 1 aliphatic rings. The van der Waals surface area contributed by atoms with Crippen molar-refractivity contribution >= 4 is 21.7 Å². The van der Waals surface area contributed by atoms with Crippen LogP contribution >= 0.6 is 15.9 Å². The lowest BCUT2D eigenvalue weighted by Gasteiger charge is -2.38. The molecule has 16 heavy (non-hydrogen) atoms. The van der Waals surface area contributed by atoms with Crippen LogP contribution in [-0.2, 0) is 0 Å². The van der Waals surface area contributed by atoms with Gasteiger partial charge >= 0.3 is 0 Å². The quantitative estimate of drug-likeness (QED) is 0.779. The fourth-order valence-electron chi connectivity index (χ4n) is 2.34. The highest BCUT2D eigenvalue weighted by Crippen LogP contribution is 2.28. The number of aromatic nitrogens is 1. The molecule has 1 fully saturated rings. The van der Waals surface area contributed by atoms with Crippen LogP contribution < -0.4 is 4.90 Å². The molecule has 2 atom stereocenters. The summed E-state index contributed by atoms with van der Waals surface area (Å²) in [6.45, 7) is 7.90. The number of hydrogen-bond donors (Lipinski definition) is 0. The van der Waals surface area contributed by atoms with Gasteiger partial charge in [0.15, 0.2) is 0 Å². The van der Waals surface area contributed by atoms with E-state index in [1.54, 1.807) is 0 Å². The summed E-state index contributed by atoms with van der Waals surface area (Å²) in [5.74, 6) is 1.89. The molecule has 88 valence electrons. The van der Waals surface area contributed by atoms with Crippen LogP contribution in [0.25, 0.3) is 0 Å². The first-order valence-corrected chi connectivity index (χ1v) is 6.77. The van der Waals surface area contributed by atoms with Crippen molar-refractivity contribution in [1.82, 2.24) is 4.98 Å². The van der Waals surface area contributed by atoms with E-state index in [0.717, 1.165) is 22.8 Å². The second-order valence-corrected chi connectivity index (χ2v) is 5.70. The molecule has 1 aromatic rings. The third kappa shape index (κ3) is 2.24. The van der Waals surface area contributed by atoms with E-state index in [-0.39, 0.29) is 0 Å². The Hall–Kier alpha value is -0.570. The first-order valence-electron chi connectivity index (χ1n) is 5.98. The van der Waals surface area contributed by atoms with Crippen LogP contribution in [0.3, 0.4) is 0 Å². The highest BCUT2D eigenvalue weighted by atomic mass is 79.9. The van der Waals surface area contributed by atoms with Crippen LogP contribution in [0.5, 0.6) is 0 Å². The van der Waals surface area contributed by atoms with Gasteiger partial charge in [0.1, 0.15) is 5.82 Å². The van der Waals surface area contributed by atoms with Gasteiger partial charge in [-0.3, -0.25) is 0 Å². The van der Waals surface area contributed by atoms with Crippen LogP contribution in [0.2, 0.25) is 0 Å². The molecule has 0 aliphatic carbocycles. The van der Waals surface area contributed by atoms with E-state index in [2.05, 4.69) is 52.7 Å². The summed E-state index contributed by atoms with van der Waals surface area (Å²) < 4.78 is 1.09. The highest BCUT2D eigenvalue weighted by Gasteiger charge is 2.25. The molecule has 1 aromatic heterocycles. The standard InChI is InChI=1S/C13H19BrN2/c1-9-5-4-6-16(11(9)3)13-7-10(2)12(14)8-15-13/h7-9,11H,4-6H2,1-3H3. The van der Waals surface area contributed by atoms with Crippen LogP contribution in [-0.4, -0.2) is 17.6 Å². The lowest BCUT2D eigenvalue weighted by molar-refractivity contribution is 0.361. The van der Waals surface area contributed by atoms with E-state index >= 15 is 0 Å². The molecular weight excluding hydrogens is 264 g/mol. The molecule has 1 aliphatic heterocycles. The number of anilines is 1. The number of piperidine rings is 1. The summed E-state index contributed by atoms with van der Waals surface area (Å²) >= 11 is 3.50. The Labute approximate surface area is 106 Å². The minimum absolute atomic E-state index is 0.599. The van der Waals surface area contributed by atoms with E-state index < -0.39 is 0 Å². The van der Waals surface area contributed by atoms with E-state index in [4.69, 9.17) is 0 Å². The molecule has 0 N–H and O–H groups in total. The van der Waals surface area contributed by atoms with Crippen molar-refractivity contribution < 1.29 is 0 Å². The summed E-state index contributed by atoms with van der Waals surface area (Å²) in [5, 5.41) is 0. The molecule has 2 heterocycles. The van der Waals surface area contributed by atoms with Gasteiger partial charge in [0.25, 0.3) is 0 Å². The maximum Gasteiger partial charge on any atom is 0.129 e. The second-order valence-electron chi connectivity index (χ2n) is 4.85. The zero-order valence-corrected chi connectivity index (χ0v) is 11.8. The van der Waals surface area contributed by atoms with Crippen LogP contribution in [0, 0.1) is 12.8 Å². The molecular formula is C13H19BrN2. The molecule has 0 aromatic carbocycles. The average Bonchev–Trinajstić information content (AvgIpc) is 2.26. The number of halogens is 1. The third-order valence-corrected chi connectivity index (χ3v) is 4.53. The Balaban J connectivity index is 2.25. The smallest absolute Gasteiger partial charge is 0.129 e. The zero-order valence-electron chi connectivity index (χ0n) is 10.2. The van der Waals surface area contributed by atoms with Gasteiger partial charge in [-0.05, 0) is 60.2 Å². The van der Waals surface area contributed by atoms with Crippen molar-refractivity contribution in [2.24, 2.45) is 5.92 Å². The number of rotatable bonds is 1. The molecule has 2 nitrogen and oxygen atoms in total. The normalized spacial score (nSPS) is 25.9. The Morgan fingerprint density at radius 3 is 2.88 bits per heavy atom. The molecule has 0 spiro atoms. The highest BCUT2D eigenvalue weighted by molar-refractivity contribution is 9.10. The van der Waals surface area contributed by atoms with Gasteiger partial charge in [-0.2, -0.15) is 0 Å². The first kappa shape index (κ1) is 11.9. The van der Waals surface area contributed by atoms with E-state index in [1.807, 2.05) is 6.20 Å². The Kier molecular flexibility index (Phi) is 3.53. The Morgan fingerprint density at radius 1 is 1.44 bits per heavy atom. The summed E-state index contributed by atoms with van der Waals surface area (Å²) in [6, 6.07) is 2.78. The molecule has 2 rings (SSSR count). The second kappa shape index (κ2) is 4.74. The molecule has 0 radical (unpaired) electrons. The van der Waals surface area contributed by atoms with Gasteiger partial charge in [0.05, 0.1) is 0 Å². The monoisotopic (exact) mass is 282 g/mol. The van der Waals surface area contributed by atoms with Crippen LogP contribution in [0.4, 0.5) is 5.82 Å². The van der Waals surface area contributed by atoms with Crippen molar-refractivity contribution in [3.63, 3.8) is 0 Å².